The van der Waals surface area contributed by atoms with Gasteiger partial charge in [0.05, 0.1) is 5.56 Å². The van der Waals surface area contributed by atoms with Gasteiger partial charge in [0.15, 0.2) is 0 Å². The van der Waals surface area contributed by atoms with E-state index in [2.05, 4.69) is 20.6 Å². The van der Waals surface area contributed by atoms with Gasteiger partial charge in [-0.2, -0.15) is 0 Å². The smallest absolute Gasteiger partial charge is 0.254 e. The van der Waals surface area contributed by atoms with Crippen molar-refractivity contribution in [3.8, 4) is 0 Å². The quantitative estimate of drug-likeness (QED) is 0.634. The average molecular weight is 396 g/mol. The van der Waals surface area contributed by atoms with E-state index in [9.17, 15) is 4.79 Å². The Kier molecular flexibility index (Phi) is 6.45. The van der Waals surface area contributed by atoms with Crippen LogP contribution >= 0.6 is 11.6 Å². The first kappa shape index (κ1) is 19.6. The Balaban J connectivity index is 1.52. The molecule has 3 aromatic rings. The van der Waals surface area contributed by atoms with E-state index in [0.29, 0.717) is 29.5 Å². The second-order valence-electron chi connectivity index (χ2n) is 6.50. The van der Waals surface area contributed by atoms with Crippen molar-refractivity contribution >= 4 is 34.8 Å². The van der Waals surface area contributed by atoms with Crippen LogP contribution in [0, 0.1) is 0 Å². The molecular weight excluding hydrogens is 374 g/mol. The molecule has 0 spiro atoms. The molecule has 0 radical (unpaired) electrons. The predicted octanol–water partition coefficient (Wildman–Crippen LogP) is 3.91. The number of anilines is 3. The lowest BCUT2D eigenvalue weighted by Crippen LogP contribution is -2.26. The molecule has 0 saturated carbocycles. The predicted molar refractivity (Wildman–Crippen MR) is 114 cm³/mol. The van der Waals surface area contributed by atoms with Crippen LogP contribution in [-0.4, -0.2) is 36.5 Å². The summed E-state index contributed by atoms with van der Waals surface area (Å²) in [6.07, 6.45) is 3.73. The van der Waals surface area contributed by atoms with Gasteiger partial charge in [-0.25, -0.2) is 9.97 Å². The average Bonchev–Trinajstić information content (AvgIpc) is 2.69. The molecule has 7 heteroatoms. The first-order chi connectivity index (χ1) is 13.5. The van der Waals surface area contributed by atoms with Crippen molar-refractivity contribution in [2.75, 3.05) is 30.9 Å². The molecule has 0 saturated heterocycles. The zero-order valence-electron chi connectivity index (χ0n) is 15.8. The van der Waals surface area contributed by atoms with Gasteiger partial charge in [0.1, 0.15) is 0 Å². The fraction of sp³-hybridized carbons (Fsp3) is 0.190. The summed E-state index contributed by atoms with van der Waals surface area (Å²) < 4.78 is 0. The lowest BCUT2D eigenvalue weighted by molar-refractivity contribution is 0.0953. The molecule has 1 aromatic heterocycles. The highest BCUT2D eigenvalue weighted by molar-refractivity contribution is 6.30. The fourth-order valence-electron chi connectivity index (χ4n) is 2.60. The molecular formula is C21H22ClN5O. The van der Waals surface area contributed by atoms with Crippen LogP contribution in [0.3, 0.4) is 0 Å². The highest BCUT2D eigenvalue weighted by Gasteiger charge is 2.07. The maximum absolute atomic E-state index is 12.2. The molecule has 0 unspecified atom stereocenters. The maximum atomic E-state index is 12.2. The minimum absolute atomic E-state index is 0.205. The molecule has 1 amide bonds. The molecule has 0 bridgehead atoms. The van der Waals surface area contributed by atoms with Crippen LogP contribution in [0.25, 0.3) is 0 Å². The molecule has 0 aliphatic heterocycles. The van der Waals surface area contributed by atoms with Crippen molar-refractivity contribution in [3.05, 3.63) is 77.1 Å². The highest BCUT2D eigenvalue weighted by Crippen LogP contribution is 2.18. The van der Waals surface area contributed by atoms with Crippen molar-refractivity contribution in [2.45, 2.75) is 6.42 Å². The van der Waals surface area contributed by atoms with Gasteiger partial charge in [-0.1, -0.05) is 23.7 Å². The van der Waals surface area contributed by atoms with Gasteiger partial charge in [-0.05, 0) is 48.4 Å². The van der Waals surface area contributed by atoms with Gasteiger partial charge >= 0.3 is 0 Å². The number of nitrogens with zero attached hydrogens (tertiary/aromatic N) is 3. The number of nitrogens with one attached hydrogen (secondary N) is 2. The van der Waals surface area contributed by atoms with Crippen LogP contribution in [-0.2, 0) is 6.42 Å². The Morgan fingerprint density at radius 1 is 1.07 bits per heavy atom. The molecule has 0 fully saturated rings. The van der Waals surface area contributed by atoms with Gasteiger partial charge < -0.3 is 15.5 Å². The fourth-order valence-corrected chi connectivity index (χ4v) is 2.81. The molecule has 6 nitrogen and oxygen atoms in total. The van der Waals surface area contributed by atoms with Crippen LogP contribution < -0.4 is 15.5 Å². The number of halogens is 1. The molecule has 2 aromatic carbocycles. The Morgan fingerprint density at radius 2 is 1.79 bits per heavy atom. The normalized spacial score (nSPS) is 10.4. The van der Waals surface area contributed by atoms with Crippen molar-refractivity contribution in [1.29, 1.82) is 0 Å². The van der Waals surface area contributed by atoms with E-state index in [1.807, 2.05) is 67.5 Å². The van der Waals surface area contributed by atoms with Gasteiger partial charge in [0.2, 0.25) is 5.95 Å². The number of carbonyl (C=O) groups excluding carboxylic acids is 1. The molecule has 1 heterocycles. The van der Waals surface area contributed by atoms with Gasteiger partial charge in [0, 0.05) is 49.4 Å². The maximum Gasteiger partial charge on any atom is 0.254 e. The number of benzene rings is 2. The Bertz CT molecular complexity index is 926. The number of amides is 1. The number of hydrogen-bond acceptors (Lipinski definition) is 5. The molecule has 0 atom stereocenters. The SMILES string of the molecule is CN(C)c1ccc(Nc2ncc(C(=O)NCCc3cccc(Cl)c3)cn2)cc1. The summed E-state index contributed by atoms with van der Waals surface area (Å²) in [5.74, 6) is 0.233. The Hall–Kier alpha value is -3.12. The van der Waals surface area contributed by atoms with E-state index >= 15 is 0 Å². The minimum Gasteiger partial charge on any atom is -0.378 e. The number of carbonyl (C=O) groups is 1. The summed E-state index contributed by atoms with van der Waals surface area (Å²) in [6, 6.07) is 15.5. The van der Waals surface area contributed by atoms with E-state index in [1.54, 1.807) is 0 Å². The number of hydrogen-bond donors (Lipinski definition) is 2. The van der Waals surface area contributed by atoms with Crippen molar-refractivity contribution in [2.24, 2.45) is 0 Å². The topological polar surface area (TPSA) is 70.2 Å². The van der Waals surface area contributed by atoms with Crippen molar-refractivity contribution in [3.63, 3.8) is 0 Å². The molecule has 0 aliphatic rings. The standard InChI is InChI=1S/C21H22ClN5O/c1-27(2)19-8-6-18(7-9-19)26-21-24-13-16(14-25-21)20(28)23-11-10-15-4-3-5-17(22)12-15/h3-9,12-14H,10-11H2,1-2H3,(H,23,28)(H,24,25,26). The summed E-state index contributed by atoms with van der Waals surface area (Å²) in [5.41, 5.74) is 3.48. The zero-order valence-corrected chi connectivity index (χ0v) is 16.6. The molecule has 28 heavy (non-hydrogen) atoms. The van der Waals surface area contributed by atoms with Gasteiger partial charge in [-0.3, -0.25) is 4.79 Å². The lowest BCUT2D eigenvalue weighted by Gasteiger charge is -2.13. The van der Waals surface area contributed by atoms with Crippen LogP contribution in [0.5, 0.6) is 0 Å². The van der Waals surface area contributed by atoms with E-state index in [1.165, 1.54) is 12.4 Å². The Morgan fingerprint density at radius 3 is 2.43 bits per heavy atom. The van der Waals surface area contributed by atoms with E-state index < -0.39 is 0 Å². The summed E-state index contributed by atoms with van der Waals surface area (Å²) in [6.45, 7) is 0.511. The molecule has 144 valence electrons. The van der Waals surface area contributed by atoms with Crippen LogP contribution in [0.2, 0.25) is 5.02 Å². The van der Waals surface area contributed by atoms with Gasteiger partial charge in [-0.15, -0.1) is 0 Å². The first-order valence-corrected chi connectivity index (χ1v) is 9.28. The van der Waals surface area contributed by atoms with Crippen LogP contribution in [0.4, 0.5) is 17.3 Å². The number of aromatic nitrogens is 2. The monoisotopic (exact) mass is 395 g/mol. The minimum atomic E-state index is -0.205. The summed E-state index contributed by atoms with van der Waals surface area (Å²) in [4.78, 5) is 22.7. The van der Waals surface area contributed by atoms with Crippen molar-refractivity contribution < 1.29 is 4.79 Å². The molecule has 0 aliphatic carbocycles. The summed E-state index contributed by atoms with van der Waals surface area (Å²) in [7, 11) is 3.98. The largest absolute Gasteiger partial charge is 0.378 e. The first-order valence-electron chi connectivity index (χ1n) is 8.90. The highest BCUT2D eigenvalue weighted by atomic mass is 35.5. The summed E-state index contributed by atoms with van der Waals surface area (Å²) >= 11 is 5.96. The summed E-state index contributed by atoms with van der Waals surface area (Å²) in [5, 5.41) is 6.68. The molecule has 3 rings (SSSR count). The lowest BCUT2D eigenvalue weighted by atomic mass is 10.1. The number of rotatable bonds is 7. The second-order valence-corrected chi connectivity index (χ2v) is 6.93. The van der Waals surface area contributed by atoms with E-state index in [-0.39, 0.29) is 5.91 Å². The van der Waals surface area contributed by atoms with E-state index in [4.69, 9.17) is 11.6 Å². The van der Waals surface area contributed by atoms with Crippen molar-refractivity contribution in [1.82, 2.24) is 15.3 Å². The second kappa shape index (κ2) is 9.19. The Labute approximate surface area is 169 Å². The third kappa shape index (κ3) is 5.44. The van der Waals surface area contributed by atoms with E-state index in [0.717, 1.165) is 16.9 Å². The third-order valence-electron chi connectivity index (χ3n) is 4.14. The van der Waals surface area contributed by atoms with Gasteiger partial charge in [0.25, 0.3) is 5.91 Å². The van der Waals surface area contributed by atoms with Crippen LogP contribution in [0.15, 0.2) is 60.9 Å². The molecule has 2 N–H and O–H groups in total. The van der Waals surface area contributed by atoms with Crippen LogP contribution in [0.1, 0.15) is 15.9 Å². The zero-order chi connectivity index (χ0) is 19.9. The third-order valence-corrected chi connectivity index (χ3v) is 4.38.